The van der Waals surface area contributed by atoms with Crippen molar-refractivity contribution in [3.05, 3.63) is 59.3 Å². The number of allylic oxidation sites excluding steroid dienone is 3. The van der Waals surface area contributed by atoms with Crippen LogP contribution in [0.3, 0.4) is 0 Å². The van der Waals surface area contributed by atoms with Gasteiger partial charge in [0.05, 0.1) is 31.3 Å². The standard InChI is InChI=1S/C26H39FN4OS.C3H7NO.C2H6/c1-4-13-28-14-6-15-31(21-29-22(3)7-10-24(27)5-2)26(20-33)23-8-11-25(12-9-23)30-16-18-32-19-17-30;1-2-4-3-5;1-2/h5,7-12,20-22,28,33H,4,6,13-19H2,1-3H3;3H,2H2,1H3,(H,4,5);1-2H3/b10-7-,24-5+,26-20-,29-21?;;. The van der Waals surface area contributed by atoms with Crippen LogP contribution in [0.15, 0.2) is 58.7 Å². The summed E-state index contributed by atoms with van der Waals surface area (Å²) in [7, 11) is 0. The number of morpholine rings is 1. The highest BCUT2D eigenvalue weighted by Crippen LogP contribution is 2.24. The number of rotatable bonds is 15. The largest absolute Gasteiger partial charge is 0.378 e. The summed E-state index contributed by atoms with van der Waals surface area (Å²) >= 11 is 4.52. The molecule has 0 aromatic heterocycles. The molecule has 1 atom stereocenters. The highest BCUT2D eigenvalue weighted by Gasteiger charge is 2.14. The fourth-order valence-electron chi connectivity index (χ4n) is 3.54. The second-order valence-electron chi connectivity index (χ2n) is 8.67. The van der Waals surface area contributed by atoms with Crippen LogP contribution in [0.25, 0.3) is 5.70 Å². The summed E-state index contributed by atoms with van der Waals surface area (Å²) in [5, 5.41) is 7.71. The van der Waals surface area contributed by atoms with Gasteiger partial charge in [0.15, 0.2) is 0 Å². The highest BCUT2D eigenvalue weighted by atomic mass is 32.1. The van der Waals surface area contributed by atoms with Gasteiger partial charge in [-0.2, -0.15) is 0 Å². The van der Waals surface area contributed by atoms with Crippen LogP contribution < -0.4 is 15.5 Å². The number of benzene rings is 1. The lowest BCUT2D eigenvalue weighted by atomic mass is 10.1. The number of amides is 1. The molecule has 0 bridgehead atoms. The van der Waals surface area contributed by atoms with Crippen molar-refractivity contribution in [3.8, 4) is 0 Å². The fourth-order valence-corrected chi connectivity index (χ4v) is 3.84. The average Bonchev–Trinajstić information content (AvgIpc) is 3.01. The first-order chi connectivity index (χ1) is 19.5. The molecule has 1 aromatic carbocycles. The van der Waals surface area contributed by atoms with Crippen molar-refractivity contribution in [1.82, 2.24) is 15.5 Å². The van der Waals surface area contributed by atoms with E-state index in [0.29, 0.717) is 6.41 Å². The average molecular weight is 578 g/mol. The summed E-state index contributed by atoms with van der Waals surface area (Å²) in [4.78, 5) is 18.4. The van der Waals surface area contributed by atoms with Gasteiger partial charge in [-0.05, 0) is 75.9 Å². The number of carbonyl (C=O) groups is 1. The predicted molar refractivity (Wildman–Crippen MR) is 174 cm³/mol. The molecule has 2 rings (SSSR count). The molecule has 1 aliphatic heterocycles. The first kappa shape index (κ1) is 37.4. The van der Waals surface area contributed by atoms with E-state index in [0.717, 1.165) is 76.6 Å². The summed E-state index contributed by atoms with van der Waals surface area (Å²) in [5.41, 5.74) is 3.27. The van der Waals surface area contributed by atoms with Crippen LogP contribution >= 0.6 is 12.6 Å². The second-order valence-corrected chi connectivity index (χ2v) is 8.93. The predicted octanol–water partition coefficient (Wildman–Crippen LogP) is 6.07. The van der Waals surface area contributed by atoms with Crippen molar-refractivity contribution in [2.24, 2.45) is 4.99 Å². The number of nitrogens with zero attached hydrogens (tertiary/aromatic N) is 3. The zero-order valence-corrected chi connectivity index (χ0v) is 26.3. The highest BCUT2D eigenvalue weighted by molar-refractivity contribution is 7.83. The Morgan fingerprint density at radius 2 is 1.88 bits per heavy atom. The maximum Gasteiger partial charge on any atom is 0.207 e. The molecule has 1 aromatic rings. The van der Waals surface area contributed by atoms with Crippen LogP contribution in [0.5, 0.6) is 0 Å². The normalized spacial score (nSPS) is 14.8. The minimum absolute atomic E-state index is 0.138. The van der Waals surface area contributed by atoms with E-state index in [9.17, 15) is 9.18 Å². The smallest absolute Gasteiger partial charge is 0.207 e. The fraction of sp³-hybridized carbons (Fsp3) is 0.548. The Labute approximate surface area is 248 Å². The number of carbonyl (C=O) groups excluding carboxylic acids is 1. The molecule has 7 nitrogen and oxygen atoms in total. The molecule has 1 fully saturated rings. The number of halogens is 1. The van der Waals surface area contributed by atoms with E-state index in [2.05, 4.69) is 69.2 Å². The molecule has 1 aliphatic rings. The van der Waals surface area contributed by atoms with E-state index in [1.807, 2.05) is 39.4 Å². The third-order valence-electron chi connectivity index (χ3n) is 5.69. The van der Waals surface area contributed by atoms with Crippen molar-refractivity contribution in [2.75, 3.05) is 57.4 Å². The molecule has 0 spiro atoms. The van der Waals surface area contributed by atoms with Crippen molar-refractivity contribution in [2.45, 2.75) is 60.4 Å². The van der Waals surface area contributed by atoms with Gasteiger partial charge in [0.1, 0.15) is 5.83 Å². The quantitative estimate of drug-likeness (QED) is 0.0590. The molecule has 1 amide bonds. The number of thiol groups is 1. The SMILES string of the molecule is C/C=C(F)\C=C/C(C)N=CN(CCCNCCC)/C(=C\S)c1ccc(N2CCOCC2)cc1.CC.CCNC=O. The maximum absolute atomic E-state index is 13.4. The number of ether oxygens (including phenoxy) is 1. The van der Waals surface area contributed by atoms with E-state index in [1.54, 1.807) is 13.0 Å². The number of anilines is 1. The van der Waals surface area contributed by atoms with E-state index in [4.69, 9.17) is 4.74 Å². The summed E-state index contributed by atoms with van der Waals surface area (Å²) in [6, 6.07) is 8.44. The van der Waals surface area contributed by atoms with Crippen molar-refractivity contribution in [1.29, 1.82) is 0 Å². The van der Waals surface area contributed by atoms with E-state index >= 15 is 0 Å². The summed E-state index contributed by atoms with van der Waals surface area (Å²) in [6.45, 7) is 18.5. The monoisotopic (exact) mass is 577 g/mol. The zero-order valence-electron chi connectivity index (χ0n) is 25.4. The van der Waals surface area contributed by atoms with Gasteiger partial charge in [-0.3, -0.25) is 9.79 Å². The van der Waals surface area contributed by atoms with Gasteiger partial charge in [-0.25, -0.2) is 4.39 Å². The van der Waals surface area contributed by atoms with Crippen LogP contribution in [0.4, 0.5) is 10.1 Å². The van der Waals surface area contributed by atoms with Crippen LogP contribution in [-0.4, -0.2) is 76.2 Å². The lowest BCUT2D eigenvalue weighted by Gasteiger charge is -2.29. The molecule has 1 heterocycles. The number of hydrogen-bond donors (Lipinski definition) is 3. The molecular weight excluding hydrogens is 525 g/mol. The molecule has 1 unspecified atom stereocenters. The number of hydrogen-bond acceptors (Lipinski definition) is 6. The zero-order chi connectivity index (χ0) is 30.0. The van der Waals surface area contributed by atoms with Crippen LogP contribution in [-0.2, 0) is 9.53 Å². The van der Waals surface area contributed by atoms with Gasteiger partial charge in [0.2, 0.25) is 6.41 Å². The molecule has 9 heteroatoms. The molecule has 2 N–H and O–H groups in total. The third-order valence-corrected chi connectivity index (χ3v) is 5.93. The Bertz CT molecular complexity index is 884. The van der Waals surface area contributed by atoms with Crippen LogP contribution in [0, 0.1) is 0 Å². The van der Waals surface area contributed by atoms with Gasteiger partial charge in [-0.1, -0.05) is 45.1 Å². The second kappa shape index (κ2) is 25.4. The van der Waals surface area contributed by atoms with Gasteiger partial charge in [0.25, 0.3) is 0 Å². The molecule has 1 saturated heterocycles. The van der Waals surface area contributed by atoms with Crippen molar-refractivity contribution < 1.29 is 13.9 Å². The Morgan fingerprint density at radius 3 is 2.40 bits per heavy atom. The molecule has 0 saturated carbocycles. The molecule has 0 aliphatic carbocycles. The Kier molecular flexibility index (Phi) is 23.7. The molecular formula is C31H52FN5O2S. The molecule has 226 valence electrons. The van der Waals surface area contributed by atoms with Gasteiger partial charge < -0.3 is 25.2 Å². The van der Waals surface area contributed by atoms with E-state index in [1.165, 1.54) is 17.8 Å². The Balaban J connectivity index is 0.00000195. The third kappa shape index (κ3) is 16.5. The van der Waals surface area contributed by atoms with E-state index in [-0.39, 0.29) is 11.9 Å². The molecule has 40 heavy (non-hydrogen) atoms. The molecule has 0 radical (unpaired) electrons. The first-order valence-corrected chi connectivity index (χ1v) is 15.0. The van der Waals surface area contributed by atoms with Crippen molar-refractivity contribution in [3.63, 3.8) is 0 Å². The summed E-state index contributed by atoms with van der Waals surface area (Å²) < 4.78 is 18.9. The van der Waals surface area contributed by atoms with Crippen LogP contribution in [0.2, 0.25) is 0 Å². The Hall–Kier alpha value is -2.62. The number of nitrogens with one attached hydrogen (secondary N) is 2. The lowest BCUT2D eigenvalue weighted by molar-refractivity contribution is -0.109. The summed E-state index contributed by atoms with van der Waals surface area (Å²) in [5.74, 6) is -0.257. The van der Waals surface area contributed by atoms with Gasteiger partial charge >= 0.3 is 0 Å². The topological polar surface area (TPSA) is 69.2 Å². The van der Waals surface area contributed by atoms with Crippen molar-refractivity contribution >= 4 is 36.8 Å². The van der Waals surface area contributed by atoms with Gasteiger partial charge in [0, 0.05) is 31.9 Å². The lowest BCUT2D eigenvalue weighted by Crippen LogP contribution is -2.36. The maximum atomic E-state index is 13.4. The Morgan fingerprint density at radius 1 is 1.20 bits per heavy atom. The van der Waals surface area contributed by atoms with Gasteiger partial charge in [-0.15, -0.1) is 12.6 Å². The minimum atomic E-state index is -0.257. The van der Waals surface area contributed by atoms with Crippen LogP contribution in [0.1, 0.15) is 59.9 Å². The number of aliphatic imine (C=N–C) groups is 1. The summed E-state index contributed by atoms with van der Waals surface area (Å²) in [6.07, 6.45) is 9.27. The van der Waals surface area contributed by atoms with E-state index < -0.39 is 0 Å². The minimum Gasteiger partial charge on any atom is -0.378 e. The first-order valence-electron chi connectivity index (χ1n) is 14.5.